The lowest BCUT2D eigenvalue weighted by Crippen LogP contribution is -2.74. The van der Waals surface area contributed by atoms with Gasteiger partial charge in [-0.1, -0.05) is 182 Å². The molecule has 67 heavy (non-hydrogen) atoms. The maximum absolute atomic E-state index is 5.62. The predicted molar refractivity (Wildman–Crippen MR) is 284 cm³/mol. The van der Waals surface area contributed by atoms with E-state index >= 15 is 0 Å². The summed E-state index contributed by atoms with van der Waals surface area (Å²) in [6.07, 6.45) is 0. The third-order valence-electron chi connectivity index (χ3n) is 13.8. The van der Waals surface area contributed by atoms with E-state index in [1.165, 1.54) is 51.7 Å². The molecule has 314 valence electrons. The van der Waals surface area contributed by atoms with Gasteiger partial charge in [-0.3, -0.25) is 13.5 Å². The van der Waals surface area contributed by atoms with Crippen molar-refractivity contribution in [2.45, 2.75) is 0 Å². The zero-order chi connectivity index (χ0) is 44.1. The van der Waals surface area contributed by atoms with Gasteiger partial charge in [0.2, 0.25) is 5.78 Å². The predicted octanol–water partition coefficient (Wildman–Crippen LogP) is 12.3. The molecular formula is C60H39N5SSi. The summed E-state index contributed by atoms with van der Waals surface area (Å²) in [5.41, 5.74) is 8.54. The Bertz CT molecular complexity index is 4130. The van der Waals surface area contributed by atoms with Crippen molar-refractivity contribution in [1.29, 1.82) is 0 Å². The SMILES string of the molecule is c1ccc([Si](c2ccccc2)(c2ccc(-c3cc(-n4c5ccccc5c5ccccc54)nc(-n4c5ccccc5n5c6ccccc6nc45)c3)cc2)c2cccc3c2sc2ccccc23)cc1. The first kappa shape index (κ1) is 38.0. The number of hydrogen-bond donors (Lipinski definition) is 0. The second kappa shape index (κ2) is 14.8. The molecule has 0 bridgehead atoms. The number of imidazole rings is 2. The number of hydrogen-bond acceptors (Lipinski definition) is 3. The third kappa shape index (κ3) is 5.59. The van der Waals surface area contributed by atoms with E-state index in [2.05, 4.69) is 250 Å². The molecule has 0 aliphatic rings. The monoisotopic (exact) mass is 889 g/mol. The highest BCUT2D eigenvalue weighted by molar-refractivity contribution is 7.30. The van der Waals surface area contributed by atoms with Crippen LogP contribution in [0, 0.1) is 0 Å². The minimum Gasteiger partial charge on any atom is -0.294 e. The summed E-state index contributed by atoms with van der Waals surface area (Å²) in [5.74, 6) is 2.47. The van der Waals surface area contributed by atoms with Crippen LogP contribution in [0.2, 0.25) is 0 Å². The Labute approximate surface area is 390 Å². The molecule has 0 radical (unpaired) electrons. The quantitative estimate of drug-likeness (QED) is 0.118. The van der Waals surface area contributed by atoms with E-state index in [-0.39, 0.29) is 0 Å². The molecule has 0 fully saturated rings. The molecule has 5 aromatic heterocycles. The molecule has 0 aliphatic heterocycles. The fraction of sp³-hybridized carbons (Fsp3) is 0. The lowest BCUT2D eigenvalue weighted by Gasteiger charge is -2.35. The van der Waals surface area contributed by atoms with E-state index in [0.717, 1.165) is 61.6 Å². The molecule has 0 saturated heterocycles. The minimum atomic E-state index is -2.92. The van der Waals surface area contributed by atoms with Crippen LogP contribution in [0.4, 0.5) is 0 Å². The van der Waals surface area contributed by atoms with Crippen LogP contribution in [0.5, 0.6) is 0 Å². The summed E-state index contributed by atoms with van der Waals surface area (Å²) < 4.78 is 9.50. The number of aromatic nitrogens is 5. The number of fused-ring (bicyclic) bond motifs is 11. The molecule has 0 N–H and O–H groups in total. The second-order valence-electron chi connectivity index (χ2n) is 17.3. The zero-order valence-electron chi connectivity index (χ0n) is 36.2. The Hall–Kier alpha value is -8.36. The first-order valence-electron chi connectivity index (χ1n) is 22.7. The molecule has 0 aliphatic carbocycles. The highest BCUT2D eigenvalue weighted by Crippen LogP contribution is 2.37. The van der Waals surface area contributed by atoms with Crippen LogP contribution in [0.25, 0.3) is 92.6 Å². The van der Waals surface area contributed by atoms with Crippen molar-refractivity contribution < 1.29 is 0 Å². The van der Waals surface area contributed by atoms with Gasteiger partial charge in [-0.25, -0.2) is 9.97 Å². The van der Waals surface area contributed by atoms with Gasteiger partial charge in [0.05, 0.1) is 33.1 Å². The van der Waals surface area contributed by atoms with E-state index in [4.69, 9.17) is 9.97 Å². The van der Waals surface area contributed by atoms with E-state index in [9.17, 15) is 0 Å². The molecule has 9 aromatic carbocycles. The Balaban J connectivity index is 1.04. The van der Waals surface area contributed by atoms with Gasteiger partial charge in [0, 0.05) is 30.9 Å². The largest absolute Gasteiger partial charge is 0.294 e. The Morgan fingerprint density at radius 1 is 0.358 bits per heavy atom. The summed E-state index contributed by atoms with van der Waals surface area (Å²) in [4.78, 5) is 10.9. The number of pyridine rings is 1. The van der Waals surface area contributed by atoms with Crippen molar-refractivity contribution in [3.8, 4) is 22.8 Å². The highest BCUT2D eigenvalue weighted by atomic mass is 32.1. The van der Waals surface area contributed by atoms with Gasteiger partial charge < -0.3 is 0 Å². The minimum absolute atomic E-state index is 0.800. The zero-order valence-corrected chi connectivity index (χ0v) is 38.0. The third-order valence-corrected chi connectivity index (χ3v) is 20.0. The summed E-state index contributed by atoms with van der Waals surface area (Å²) in [7, 11) is -2.92. The smallest absolute Gasteiger partial charge is 0.221 e. The lowest BCUT2D eigenvalue weighted by molar-refractivity contribution is 0.997. The number of rotatable bonds is 7. The summed E-state index contributed by atoms with van der Waals surface area (Å²) in [6, 6.07) is 86.7. The molecule has 0 unspecified atom stereocenters. The van der Waals surface area contributed by atoms with Crippen LogP contribution in [-0.2, 0) is 0 Å². The molecule has 0 saturated carbocycles. The molecule has 14 rings (SSSR count). The van der Waals surface area contributed by atoms with Crippen molar-refractivity contribution in [2.24, 2.45) is 0 Å². The van der Waals surface area contributed by atoms with Gasteiger partial charge in [0.15, 0.2) is 8.07 Å². The average molecular weight is 890 g/mol. The van der Waals surface area contributed by atoms with Crippen LogP contribution in [0.3, 0.4) is 0 Å². The van der Waals surface area contributed by atoms with Gasteiger partial charge in [0.25, 0.3) is 0 Å². The second-order valence-corrected chi connectivity index (χ2v) is 22.2. The van der Waals surface area contributed by atoms with Gasteiger partial charge in [-0.05, 0) is 86.5 Å². The molecule has 5 heterocycles. The van der Waals surface area contributed by atoms with Crippen molar-refractivity contribution in [3.63, 3.8) is 0 Å². The number of thiophene rings is 1. The standard InChI is InChI=1S/C60H39N5SSi/c1-3-18-42(19-4-1)67(43-20-5-2-6-21-43,56-33-17-25-48-47-24-9-16-32-55(47)66-59(48)56)44-36-34-40(35-37-44)41-38-57(63-50-27-11-7-22-45(50)46-23-8-12-28-51(46)63)62-58(39-41)65-54-31-15-14-30-53(54)64-52-29-13-10-26-49(52)61-60(64)65/h1-39H. The summed E-state index contributed by atoms with van der Waals surface area (Å²) >= 11 is 1.92. The van der Waals surface area contributed by atoms with Crippen molar-refractivity contribution in [3.05, 3.63) is 237 Å². The first-order valence-corrected chi connectivity index (χ1v) is 25.6. The molecule has 5 nitrogen and oxygen atoms in total. The fourth-order valence-corrected chi connectivity index (χ4v) is 17.5. The molecule has 14 aromatic rings. The van der Waals surface area contributed by atoms with E-state index in [1.807, 2.05) is 11.3 Å². The van der Waals surface area contributed by atoms with Crippen LogP contribution in [0.1, 0.15) is 0 Å². The Morgan fingerprint density at radius 3 is 1.57 bits per heavy atom. The molecule has 0 atom stereocenters. The number of para-hydroxylation sites is 6. The lowest BCUT2D eigenvalue weighted by atomic mass is 10.1. The van der Waals surface area contributed by atoms with Gasteiger partial charge in [-0.15, -0.1) is 11.3 Å². The van der Waals surface area contributed by atoms with Crippen LogP contribution < -0.4 is 20.7 Å². The van der Waals surface area contributed by atoms with Crippen molar-refractivity contribution in [2.75, 3.05) is 0 Å². The molecular weight excluding hydrogens is 851 g/mol. The maximum atomic E-state index is 5.62. The van der Waals surface area contributed by atoms with Gasteiger partial charge in [-0.2, -0.15) is 0 Å². The number of benzene rings is 9. The first-order chi connectivity index (χ1) is 33.2. The van der Waals surface area contributed by atoms with Crippen molar-refractivity contribution in [1.82, 2.24) is 23.5 Å². The maximum Gasteiger partial charge on any atom is 0.221 e. The van der Waals surface area contributed by atoms with Crippen molar-refractivity contribution >= 4 is 110 Å². The van der Waals surface area contributed by atoms with Gasteiger partial charge >= 0.3 is 0 Å². The molecule has 0 spiro atoms. The molecule has 7 heteroatoms. The summed E-state index contributed by atoms with van der Waals surface area (Å²) in [6.45, 7) is 0. The average Bonchev–Trinajstić information content (AvgIpc) is 4.15. The fourth-order valence-electron chi connectivity index (χ4n) is 10.9. The topological polar surface area (TPSA) is 40.0 Å². The highest BCUT2D eigenvalue weighted by Gasteiger charge is 2.43. The number of nitrogens with zero attached hydrogens (tertiary/aromatic N) is 5. The van der Waals surface area contributed by atoms with E-state index in [1.54, 1.807) is 0 Å². The van der Waals surface area contributed by atoms with E-state index < -0.39 is 8.07 Å². The normalized spacial score (nSPS) is 12.2. The Morgan fingerprint density at radius 2 is 0.881 bits per heavy atom. The van der Waals surface area contributed by atoms with Gasteiger partial charge in [0.1, 0.15) is 11.6 Å². The molecule has 0 amide bonds. The van der Waals surface area contributed by atoms with Crippen LogP contribution in [0.15, 0.2) is 237 Å². The van der Waals surface area contributed by atoms with Crippen LogP contribution >= 0.6 is 11.3 Å². The van der Waals surface area contributed by atoms with Crippen LogP contribution in [-0.4, -0.2) is 31.6 Å². The summed E-state index contributed by atoms with van der Waals surface area (Å²) in [5, 5.41) is 10.5. The Kier molecular flexibility index (Phi) is 8.40. The van der Waals surface area contributed by atoms with E-state index in [0.29, 0.717) is 0 Å².